The summed E-state index contributed by atoms with van der Waals surface area (Å²) in [5, 5.41) is 9.58. The van der Waals surface area contributed by atoms with Crippen LogP contribution in [0, 0.1) is 0 Å². The first-order chi connectivity index (χ1) is 10.6. The summed E-state index contributed by atoms with van der Waals surface area (Å²) in [6, 6.07) is 15.0. The van der Waals surface area contributed by atoms with Crippen LogP contribution in [-0.4, -0.2) is 16.8 Å². The minimum absolute atomic E-state index is 0.108. The van der Waals surface area contributed by atoms with Crippen molar-refractivity contribution in [3.05, 3.63) is 77.5 Å². The molecule has 0 unspecified atom stereocenters. The number of hydrogen-bond donors (Lipinski definition) is 3. The highest BCUT2D eigenvalue weighted by Gasteiger charge is 2.09. The van der Waals surface area contributed by atoms with E-state index in [0.29, 0.717) is 11.3 Å². The minimum Gasteiger partial charge on any atom is -0.507 e. The number of carbonyl (C=O) groups is 2. The van der Waals surface area contributed by atoms with E-state index in [-0.39, 0.29) is 17.1 Å². The highest BCUT2D eigenvalue weighted by molar-refractivity contribution is 6.04. The summed E-state index contributed by atoms with van der Waals surface area (Å²) in [7, 11) is 0. The van der Waals surface area contributed by atoms with E-state index >= 15 is 0 Å². The molecule has 2 aromatic carbocycles. The topological polar surface area (TPSA) is 78.4 Å². The normalized spacial score (nSPS) is 10.9. The van der Waals surface area contributed by atoms with E-state index in [1.165, 1.54) is 18.2 Å². The van der Waals surface area contributed by atoms with Gasteiger partial charge in [-0.3, -0.25) is 15.0 Å². The summed E-state index contributed by atoms with van der Waals surface area (Å²) >= 11 is 0. The molecular formula is C17H16N2O3. The molecule has 0 fully saturated rings. The van der Waals surface area contributed by atoms with E-state index in [4.69, 9.17) is 0 Å². The Hall–Kier alpha value is -3.08. The average molecular weight is 296 g/mol. The first kappa shape index (κ1) is 15.3. The second-order valence-electron chi connectivity index (χ2n) is 4.65. The smallest absolute Gasteiger partial charge is 0.273 e. The van der Waals surface area contributed by atoms with Crippen LogP contribution in [0.1, 0.15) is 27.6 Å². The molecule has 2 rings (SSSR count). The van der Waals surface area contributed by atoms with Gasteiger partial charge < -0.3 is 10.5 Å². The molecule has 0 heterocycles. The van der Waals surface area contributed by atoms with Crippen LogP contribution in [0.25, 0.3) is 0 Å². The van der Waals surface area contributed by atoms with Crippen LogP contribution in [0.2, 0.25) is 0 Å². The molecule has 112 valence electrons. The van der Waals surface area contributed by atoms with E-state index in [2.05, 4.69) is 10.9 Å². The molecule has 22 heavy (non-hydrogen) atoms. The Labute approximate surface area is 128 Å². The van der Waals surface area contributed by atoms with Gasteiger partial charge in [0.1, 0.15) is 5.75 Å². The van der Waals surface area contributed by atoms with Gasteiger partial charge >= 0.3 is 0 Å². The molecule has 0 saturated heterocycles. The molecule has 0 aliphatic rings. The van der Waals surface area contributed by atoms with Crippen molar-refractivity contribution in [3.8, 4) is 5.75 Å². The molecule has 0 radical (unpaired) electrons. The molecule has 0 bridgehead atoms. The zero-order chi connectivity index (χ0) is 15.9. The lowest BCUT2D eigenvalue weighted by Gasteiger charge is -2.09. The number of para-hydroxylation sites is 1. The number of phenols is 1. The molecule has 0 spiro atoms. The van der Waals surface area contributed by atoms with E-state index in [1.54, 1.807) is 43.3 Å². The standard InChI is InChI=1S/C17H16N2O3/c1-12(11-16(21)13-7-3-2-4-8-13)18-19-17(22)14-9-5-6-10-15(14)20/h2-11,18,20H,1H3,(H,19,22). The molecule has 1 amide bonds. The monoisotopic (exact) mass is 296 g/mol. The van der Waals surface area contributed by atoms with Crippen LogP contribution < -0.4 is 10.9 Å². The number of phenolic OH excluding ortho intramolecular Hbond substituents is 1. The first-order valence-corrected chi connectivity index (χ1v) is 6.70. The quantitative estimate of drug-likeness (QED) is 0.450. The maximum atomic E-state index is 12.0. The molecule has 0 saturated carbocycles. The van der Waals surface area contributed by atoms with Crippen molar-refractivity contribution in [1.82, 2.24) is 10.9 Å². The molecule has 5 nitrogen and oxygen atoms in total. The van der Waals surface area contributed by atoms with Crippen molar-refractivity contribution in [1.29, 1.82) is 0 Å². The number of carbonyl (C=O) groups excluding carboxylic acids is 2. The average Bonchev–Trinajstić information content (AvgIpc) is 2.54. The van der Waals surface area contributed by atoms with Crippen LogP contribution in [0.15, 0.2) is 66.4 Å². The highest BCUT2D eigenvalue weighted by Crippen LogP contribution is 2.14. The second kappa shape index (κ2) is 7.08. The highest BCUT2D eigenvalue weighted by atomic mass is 16.3. The summed E-state index contributed by atoms with van der Waals surface area (Å²) in [6.07, 6.45) is 1.39. The number of hydrazine groups is 1. The van der Waals surface area contributed by atoms with Gasteiger partial charge in [0.05, 0.1) is 5.56 Å². The van der Waals surface area contributed by atoms with Crippen molar-refractivity contribution in [2.45, 2.75) is 6.92 Å². The third-order valence-corrected chi connectivity index (χ3v) is 2.93. The number of amides is 1. The Morgan fingerprint density at radius 3 is 2.27 bits per heavy atom. The van der Waals surface area contributed by atoms with Crippen molar-refractivity contribution in [2.24, 2.45) is 0 Å². The second-order valence-corrected chi connectivity index (χ2v) is 4.65. The number of nitrogens with one attached hydrogen (secondary N) is 2. The number of allylic oxidation sites excluding steroid dienone is 2. The van der Waals surface area contributed by atoms with Gasteiger partial charge in [-0.25, -0.2) is 0 Å². The van der Waals surface area contributed by atoms with Crippen molar-refractivity contribution >= 4 is 11.7 Å². The largest absolute Gasteiger partial charge is 0.507 e. The molecule has 0 aliphatic heterocycles. The Balaban J connectivity index is 1.97. The van der Waals surface area contributed by atoms with Gasteiger partial charge in [0, 0.05) is 17.3 Å². The number of aromatic hydroxyl groups is 1. The van der Waals surface area contributed by atoms with Gasteiger partial charge in [0.2, 0.25) is 0 Å². The van der Waals surface area contributed by atoms with E-state index in [0.717, 1.165) is 0 Å². The van der Waals surface area contributed by atoms with E-state index in [9.17, 15) is 14.7 Å². The maximum Gasteiger partial charge on any atom is 0.273 e. The molecular weight excluding hydrogens is 280 g/mol. The fourth-order valence-corrected chi connectivity index (χ4v) is 1.81. The summed E-state index contributed by atoms with van der Waals surface area (Å²) in [5.41, 5.74) is 6.26. The minimum atomic E-state index is -0.488. The summed E-state index contributed by atoms with van der Waals surface area (Å²) in [5.74, 6) is -0.760. The molecule has 0 atom stereocenters. The van der Waals surface area contributed by atoms with Crippen LogP contribution in [0.4, 0.5) is 0 Å². The van der Waals surface area contributed by atoms with Crippen molar-refractivity contribution < 1.29 is 14.7 Å². The van der Waals surface area contributed by atoms with Crippen molar-refractivity contribution in [2.75, 3.05) is 0 Å². The van der Waals surface area contributed by atoms with Crippen LogP contribution in [0.3, 0.4) is 0 Å². The Morgan fingerprint density at radius 2 is 1.59 bits per heavy atom. The van der Waals surface area contributed by atoms with Gasteiger partial charge in [-0.05, 0) is 19.1 Å². The molecule has 2 aromatic rings. The van der Waals surface area contributed by atoms with Crippen LogP contribution in [0.5, 0.6) is 5.75 Å². The predicted octanol–water partition coefficient (Wildman–Crippen LogP) is 2.41. The summed E-state index contributed by atoms with van der Waals surface area (Å²) < 4.78 is 0. The van der Waals surface area contributed by atoms with Gasteiger partial charge in [-0.2, -0.15) is 0 Å². The zero-order valence-electron chi connectivity index (χ0n) is 12.0. The van der Waals surface area contributed by atoms with Gasteiger partial charge in [-0.15, -0.1) is 0 Å². The third kappa shape index (κ3) is 3.96. The van der Waals surface area contributed by atoms with Gasteiger partial charge in [0.25, 0.3) is 5.91 Å². The van der Waals surface area contributed by atoms with Crippen LogP contribution in [-0.2, 0) is 0 Å². The lowest BCUT2D eigenvalue weighted by molar-refractivity contribution is 0.0934. The molecule has 5 heteroatoms. The van der Waals surface area contributed by atoms with Gasteiger partial charge in [-0.1, -0.05) is 42.5 Å². The maximum absolute atomic E-state index is 12.0. The molecule has 0 aliphatic carbocycles. The number of hydrogen-bond acceptors (Lipinski definition) is 4. The predicted molar refractivity (Wildman–Crippen MR) is 83.2 cm³/mol. The van der Waals surface area contributed by atoms with E-state index < -0.39 is 5.91 Å². The summed E-state index contributed by atoms with van der Waals surface area (Å²) in [6.45, 7) is 1.66. The number of ketones is 1. The van der Waals surface area contributed by atoms with Crippen LogP contribution >= 0.6 is 0 Å². The zero-order valence-corrected chi connectivity index (χ0v) is 12.0. The van der Waals surface area contributed by atoms with Crippen molar-refractivity contribution in [3.63, 3.8) is 0 Å². The fraction of sp³-hybridized carbons (Fsp3) is 0.0588. The molecule has 3 N–H and O–H groups in total. The fourth-order valence-electron chi connectivity index (χ4n) is 1.81. The van der Waals surface area contributed by atoms with Gasteiger partial charge in [0.15, 0.2) is 5.78 Å². The summed E-state index contributed by atoms with van der Waals surface area (Å²) in [4.78, 5) is 23.8. The Kier molecular flexibility index (Phi) is 4.93. The Bertz CT molecular complexity index is 709. The molecule has 0 aromatic heterocycles. The number of rotatable bonds is 5. The lowest BCUT2D eigenvalue weighted by Crippen LogP contribution is -2.36. The number of benzene rings is 2. The Morgan fingerprint density at radius 1 is 0.955 bits per heavy atom. The van der Waals surface area contributed by atoms with E-state index in [1.807, 2.05) is 6.07 Å². The SMILES string of the molecule is CC(=CC(=O)c1ccccc1)NNC(=O)c1ccccc1O. The first-order valence-electron chi connectivity index (χ1n) is 6.70. The lowest BCUT2D eigenvalue weighted by atomic mass is 10.1. The third-order valence-electron chi connectivity index (χ3n) is 2.93.